The lowest BCUT2D eigenvalue weighted by atomic mass is 9.82. The van der Waals surface area contributed by atoms with Crippen molar-refractivity contribution in [2.45, 2.75) is 50.2 Å². The highest BCUT2D eigenvalue weighted by atomic mass is 16.2. The lowest BCUT2D eigenvalue weighted by molar-refractivity contribution is -0.114. The molecular weight excluding hydrogens is 302 g/mol. The minimum atomic E-state index is -0.891. The van der Waals surface area contributed by atoms with E-state index in [1.54, 1.807) is 0 Å². The Kier molecular flexibility index (Phi) is 3.68. The number of nitrogens with two attached hydrogens (primary N) is 1. The van der Waals surface area contributed by atoms with E-state index in [4.69, 9.17) is 5.73 Å². The molecule has 2 fully saturated rings. The fourth-order valence-corrected chi connectivity index (χ4v) is 4.63. The van der Waals surface area contributed by atoms with E-state index in [1.807, 2.05) is 30.5 Å². The van der Waals surface area contributed by atoms with Gasteiger partial charge in [-0.1, -0.05) is 24.6 Å². The number of carbonyl (C=O) groups is 2. The summed E-state index contributed by atoms with van der Waals surface area (Å²) in [6.07, 6.45) is 7.84. The first-order valence-corrected chi connectivity index (χ1v) is 8.72. The Labute approximate surface area is 141 Å². The van der Waals surface area contributed by atoms with E-state index in [0.29, 0.717) is 23.7 Å². The number of aromatic nitrogens is 1. The molecular formula is C19H23N3O2. The number of fused-ring (bicyclic) bond motifs is 3. The lowest BCUT2D eigenvalue weighted by Crippen LogP contribution is -2.49. The molecule has 2 bridgehead atoms. The number of amides is 1. The summed E-state index contributed by atoms with van der Waals surface area (Å²) in [5.41, 5.74) is 6.69. The molecule has 0 spiro atoms. The molecule has 2 aliphatic rings. The van der Waals surface area contributed by atoms with Gasteiger partial charge in [0.2, 0.25) is 0 Å². The zero-order valence-corrected chi connectivity index (χ0v) is 13.9. The molecule has 4 rings (SSSR count). The van der Waals surface area contributed by atoms with Crippen LogP contribution >= 0.6 is 0 Å². The normalized spacial score (nSPS) is 27.3. The highest BCUT2D eigenvalue weighted by molar-refractivity contribution is 6.44. The summed E-state index contributed by atoms with van der Waals surface area (Å²) in [5, 5.41) is 0.824. The van der Waals surface area contributed by atoms with E-state index < -0.39 is 11.7 Å². The summed E-state index contributed by atoms with van der Waals surface area (Å²) < 4.78 is 2.21. The first kappa shape index (κ1) is 15.4. The third-order valence-corrected chi connectivity index (χ3v) is 5.92. The minimum absolute atomic E-state index is 0.371. The molecule has 5 nitrogen and oxygen atoms in total. The smallest absolute Gasteiger partial charge is 0.289 e. The number of rotatable bonds is 3. The quantitative estimate of drug-likeness (QED) is 0.696. The zero-order chi connectivity index (χ0) is 16.8. The SMILES string of the molecule is CN1C2CCC[C@H]1CC(n1cc(C(=O)C(N)=O)c3ccccc31)C2. The highest BCUT2D eigenvalue weighted by Crippen LogP contribution is 2.40. The van der Waals surface area contributed by atoms with Crippen LogP contribution in [0.2, 0.25) is 0 Å². The van der Waals surface area contributed by atoms with Gasteiger partial charge < -0.3 is 15.2 Å². The molecule has 1 aromatic carbocycles. The summed E-state index contributed by atoms with van der Waals surface area (Å²) in [6, 6.07) is 9.40. The van der Waals surface area contributed by atoms with E-state index >= 15 is 0 Å². The summed E-state index contributed by atoms with van der Waals surface area (Å²) in [6.45, 7) is 0. The van der Waals surface area contributed by atoms with Crippen molar-refractivity contribution in [2.75, 3.05) is 7.05 Å². The number of Topliss-reactive ketones (excluding diaryl/α,β-unsaturated/α-hetero) is 1. The monoisotopic (exact) mass is 325 g/mol. The molecule has 126 valence electrons. The minimum Gasteiger partial charge on any atom is -0.363 e. The van der Waals surface area contributed by atoms with Gasteiger partial charge in [-0.15, -0.1) is 0 Å². The number of nitrogens with zero attached hydrogens (tertiary/aromatic N) is 2. The van der Waals surface area contributed by atoms with Crippen LogP contribution in [0.25, 0.3) is 10.9 Å². The average molecular weight is 325 g/mol. The van der Waals surface area contributed by atoms with Crippen molar-refractivity contribution in [1.82, 2.24) is 9.47 Å². The second kappa shape index (κ2) is 5.74. The van der Waals surface area contributed by atoms with Crippen LogP contribution < -0.4 is 5.73 Å². The van der Waals surface area contributed by atoms with Crippen LogP contribution in [0.15, 0.2) is 30.5 Å². The van der Waals surface area contributed by atoms with Crippen molar-refractivity contribution in [3.05, 3.63) is 36.0 Å². The number of piperidine rings is 2. The Morgan fingerprint density at radius 1 is 1.08 bits per heavy atom. The van der Waals surface area contributed by atoms with Crippen LogP contribution in [0.1, 0.15) is 48.5 Å². The molecule has 1 amide bonds. The molecule has 2 N–H and O–H groups in total. The molecule has 0 radical (unpaired) electrons. The predicted molar refractivity (Wildman–Crippen MR) is 92.9 cm³/mol. The van der Waals surface area contributed by atoms with Crippen molar-refractivity contribution in [3.63, 3.8) is 0 Å². The standard InChI is InChI=1S/C19H23N3O2/c1-21-12-5-4-6-13(21)10-14(9-12)22-11-16(18(23)19(20)24)15-7-2-3-8-17(15)22/h2-3,7-8,11-14H,4-6,9-10H2,1H3,(H2,20,24)/t12-,13?,14?/m0/s1. The summed E-state index contributed by atoms with van der Waals surface area (Å²) in [7, 11) is 2.24. The maximum absolute atomic E-state index is 12.2. The molecule has 3 heterocycles. The van der Waals surface area contributed by atoms with Gasteiger partial charge in [0.25, 0.3) is 11.7 Å². The number of carbonyl (C=O) groups excluding carboxylic acids is 2. The summed E-state index contributed by atoms with van der Waals surface area (Å²) in [5.74, 6) is -1.49. The summed E-state index contributed by atoms with van der Waals surface area (Å²) in [4.78, 5) is 26.1. The van der Waals surface area contributed by atoms with Gasteiger partial charge in [0, 0.05) is 35.2 Å². The lowest BCUT2D eigenvalue weighted by Gasteiger charge is -2.47. The van der Waals surface area contributed by atoms with Gasteiger partial charge in [-0.25, -0.2) is 0 Å². The van der Waals surface area contributed by atoms with Crippen molar-refractivity contribution in [1.29, 1.82) is 0 Å². The molecule has 2 aliphatic heterocycles. The Bertz CT molecular complexity index is 796. The number of hydrogen-bond acceptors (Lipinski definition) is 3. The zero-order valence-electron chi connectivity index (χ0n) is 13.9. The third kappa shape index (κ3) is 2.35. The van der Waals surface area contributed by atoms with Gasteiger partial charge in [0.15, 0.2) is 0 Å². The molecule has 2 saturated heterocycles. The van der Waals surface area contributed by atoms with Crippen LogP contribution in [0, 0.1) is 0 Å². The second-order valence-corrected chi connectivity index (χ2v) is 7.19. The number of ketones is 1. The average Bonchev–Trinajstić information content (AvgIpc) is 2.93. The molecule has 5 heteroatoms. The largest absolute Gasteiger partial charge is 0.363 e. The van der Waals surface area contributed by atoms with Gasteiger partial charge in [-0.3, -0.25) is 9.59 Å². The first-order chi connectivity index (χ1) is 11.6. The summed E-state index contributed by atoms with van der Waals surface area (Å²) >= 11 is 0. The predicted octanol–water partition coefficient (Wildman–Crippen LogP) is 2.50. The van der Waals surface area contributed by atoms with E-state index in [9.17, 15) is 9.59 Å². The molecule has 0 aliphatic carbocycles. The third-order valence-electron chi connectivity index (χ3n) is 5.92. The van der Waals surface area contributed by atoms with Crippen LogP contribution in [-0.4, -0.2) is 40.3 Å². The van der Waals surface area contributed by atoms with E-state index in [2.05, 4.69) is 16.5 Å². The second-order valence-electron chi connectivity index (χ2n) is 7.19. The van der Waals surface area contributed by atoms with Gasteiger partial charge in [-0.05, 0) is 38.8 Å². The Hall–Kier alpha value is -2.14. The van der Waals surface area contributed by atoms with Gasteiger partial charge in [0.05, 0.1) is 5.56 Å². The number of para-hydroxylation sites is 1. The highest BCUT2D eigenvalue weighted by Gasteiger charge is 2.37. The van der Waals surface area contributed by atoms with E-state index in [1.165, 1.54) is 19.3 Å². The maximum Gasteiger partial charge on any atom is 0.289 e. The fourth-order valence-electron chi connectivity index (χ4n) is 4.63. The molecule has 1 aromatic heterocycles. The maximum atomic E-state index is 12.2. The van der Waals surface area contributed by atoms with Crippen LogP contribution in [0.5, 0.6) is 0 Å². The van der Waals surface area contributed by atoms with Crippen molar-refractivity contribution >= 4 is 22.6 Å². The van der Waals surface area contributed by atoms with E-state index in [-0.39, 0.29) is 0 Å². The molecule has 24 heavy (non-hydrogen) atoms. The number of hydrogen-bond donors (Lipinski definition) is 1. The first-order valence-electron chi connectivity index (χ1n) is 8.72. The van der Waals surface area contributed by atoms with Crippen LogP contribution in [-0.2, 0) is 4.79 Å². The van der Waals surface area contributed by atoms with Crippen LogP contribution in [0.3, 0.4) is 0 Å². The number of primary amides is 1. The molecule has 2 unspecified atom stereocenters. The van der Waals surface area contributed by atoms with Gasteiger partial charge in [0.1, 0.15) is 0 Å². The topological polar surface area (TPSA) is 68.3 Å². The van der Waals surface area contributed by atoms with Gasteiger partial charge in [-0.2, -0.15) is 0 Å². The Morgan fingerprint density at radius 2 is 1.75 bits per heavy atom. The molecule has 0 saturated carbocycles. The Morgan fingerprint density at radius 3 is 2.42 bits per heavy atom. The van der Waals surface area contributed by atoms with E-state index in [0.717, 1.165) is 23.7 Å². The van der Waals surface area contributed by atoms with Gasteiger partial charge >= 0.3 is 0 Å². The van der Waals surface area contributed by atoms with Crippen molar-refractivity contribution in [2.24, 2.45) is 5.73 Å². The number of benzene rings is 1. The van der Waals surface area contributed by atoms with Crippen molar-refractivity contribution in [3.8, 4) is 0 Å². The van der Waals surface area contributed by atoms with Crippen molar-refractivity contribution < 1.29 is 9.59 Å². The molecule has 2 aromatic rings. The van der Waals surface area contributed by atoms with Crippen LogP contribution in [0.4, 0.5) is 0 Å². The molecule has 3 atom stereocenters. The Balaban J connectivity index is 1.77. The fraction of sp³-hybridized carbons (Fsp3) is 0.474.